The number of hydrogen-bond acceptors (Lipinski definition) is 6. The fourth-order valence-corrected chi connectivity index (χ4v) is 2.74. The van der Waals surface area contributed by atoms with Crippen molar-refractivity contribution in [2.24, 2.45) is 0 Å². The van der Waals surface area contributed by atoms with E-state index in [1.165, 1.54) is 12.8 Å². The Bertz CT molecular complexity index is 522. The summed E-state index contributed by atoms with van der Waals surface area (Å²) in [5.41, 5.74) is 0. The van der Waals surface area contributed by atoms with Gasteiger partial charge in [-0.15, -0.1) is 0 Å². The minimum absolute atomic E-state index is 0.225. The molecular formula is C14H19N3O3. The number of piperidine rings is 1. The zero-order valence-corrected chi connectivity index (χ0v) is 11.4. The first-order valence-corrected chi connectivity index (χ1v) is 7.08. The Labute approximate surface area is 117 Å². The summed E-state index contributed by atoms with van der Waals surface area (Å²) in [6.07, 6.45) is 5.93. The van der Waals surface area contributed by atoms with Crippen molar-refractivity contribution in [1.82, 2.24) is 15.0 Å². The smallest absolute Gasteiger partial charge is 0.241 e. The van der Waals surface area contributed by atoms with E-state index >= 15 is 0 Å². The average Bonchev–Trinajstić information content (AvgIpc) is 3.12. The summed E-state index contributed by atoms with van der Waals surface area (Å²) < 4.78 is 10.5. The fraction of sp³-hybridized carbons (Fsp3) is 0.571. The molecule has 1 atom stereocenters. The summed E-state index contributed by atoms with van der Waals surface area (Å²) in [4.78, 5) is 6.68. The van der Waals surface area contributed by atoms with E-state index in [0.717, 1.165) is 19.4 Å². The zero-order chi connectivity index (χ0) is 13.8. The molecule has 1 fully saturated rings. The predicted octanol–water partition coefficient (Wildman–Crippen LogP) is 2.07. The summed E-state index contributed by atoms with van der Waals surface area (Å²) >= 11 is 0. The molecule has 6 heteroatoms. The van der Waals surface area contributed by atoms with Crippen LogP contribution in [0.2, 0.25) is 0 Å². The van der Waals surface area contributed by atoms with Crippen LogP contribution in [0.15, 0.2) is 27.3 Å². The molecule has 108 valence electrons. The van der Waals surface area contributed by atoms with Crippen LogP contribution in [0.1, 0.15) is 31.6 Å². The van der Waals surface area contributed by atoms with Crippen molar-refractivity contribution in [3.05, 3.63) is 24.3 Å². The van der Waals surface area contributed by atoms with Gasteiger partial charge >= 0.3 is 0 Å². The van der Waals surface area contributed by atoms with Crippen LogP contribution in [0.4, 0.5) is 0 Å². The van der Waals surface area contributed by atoms with Gasteiger partial charge in [0.25, 0.3) is 0 Å². The molecule has 20 heavy (non-hydrogen) atoms. The molecule has 6 nitrogen and oxygen atoms in total. The van der Waals surface area contributed by atoms with Gasteiger partial charge in [0.05, 0.1) is 12.8 Å². The molecule has 2 aromatic rings. The van der Waals surface area contributed by atoms with Crippen molar-refractivity contribution < 1.29 is 14.0 Å². The van der Waals surface area contributed by atoms with Crippen LogP contribution in [-0.2, 0) is 6.54 Å². The van der Waals surface area contributed by atoms with Crippen LogP contribution in [-0.4, -0.2) is 39.3 Å². The number of aliphatic hydroxyl groups excluding tert-OH is 1. The standard InChI is InChI=1S/C14H19N3O3/c18-8-6-11-4-1-2-7-17(11)10-13-15-14(16-20-13)12-5-3-9-19-12/h3,5,9,11,18H,1-2,4,6-8,10H2. The molecule has 2 aromatic heterocycles. The van der Waals surface area contributed by atoms with E-state index in [-0.39, 0.29) is 6.61 Å². The van der Waals surface area contributed by atoms with Gasteiger partial charge in [-0.25, -0.2) is 0 Å². The van der Waals surface area contributed by atoms with Gasteiger partial charge in [-0.05, 0) is 37.9 Å². The Kier molecular flexibility index (Phi) is 4.13. The van der Waals surface area contributed by atoms with Crippen molar-refractivity contribution in [3.63, 3.8) is 0 Å². The number of aliphatic hydroxyl groups is 1. The lowest BCUT2D eigenvalue weighted by Gasteiger charge is -2.34. The Morgan fingerprint density at radius 2 is 2.35 bits per heavy atom. The Balaban J connectivity index is 1.67. The van der Waals surface area contributed by atoms with E-state index in [1.807, 2.05) is 6.07 Å². The number of furan rings is 1. The first kappa shape index (κ1) is 13.3. The van der Waals surface area contributed by atoms with Crippen LogP contribution in [0.5, 0.6) is 0 Å². The lowest BCUT2D eigenvalue weighted by molar-refractivity contribution is 0.100. The monoisotopic (exact) mass is 277 g/mol. The van der Waals surface area contributed by atoms with Crippen LogP contribution >= 0.6 is 0 Å². The molecule has 0 saturated carbocycles. The van der Waals surface area contributed by atoms with E-state index < -0.39 is 0 Å². The second-order valence-corrected chi connectivity index (χ2v) is 5.12. The molecule has 3 rings (SSSR count). The molecule has 0 amide bonds. The highest BCUT2D eigenvalue weighted by atomic mass is 16.5. The van der Waals surface area contributed by atoms with Gasteiger partial charge in [0.1, 0.15) is 0 Å². The van der Waals surface area contributed by atoms with Crippen LogP contribution < -0.4 is 0 Å². The van der Waals surface area contributed by atoms with Crippen molar-refractivity contribution in [2.75, 3.05) is 13.2 Å². The van der Waals surface area contributed by atoms with Gasteiger partial charge in [0.15, 0.2) is 5.76 Å². The highest BCUT2D eigenvalue weighted by Gasteiger charge is 2.24. The Hall–Kier alpha value is -1.66. The van der Waals surface area contributed by atoms with E-state index in [0.29, 0.717) is 30.1 Å². The molecule has 1 saturated heterocycles. The maximum Gasteiger partial charge on any atom is 0.241 e. The highest BCUT2D eigenvalue weighted by molar-refractivity contribution is 5.44. The third-order valence-electron chi connectivity index (χ3n) is 3.76. The van der Waals surface area contributed by atoms with Crippen LogP contribution in [0, 0.1) is 0 Å². The first-order valence-electron chi connectivity index (χ1n) is 7.08. The van der Waals surface area contributed by atoms with Gasteiger partial charge < -0.3 is 14.0 Å². The van der Waals surface area contributed by atoms with Gasteiger partial charge in [0.2, 0.25) is 11.7 Å². The van der Waals surface area contributed by atoms with Crippen molar-refractivity contribution in [2.45, 2.75) is 38.3 Å². The van der Waals surface area contributed by atoms with E-state index in [2.05, 4.69) is 15.0 Å². The number of rotatable bonds is 5. The molecule has 1 N–H and O–H groups in total. The van der Waals surface area contributed by atoms with Gasteiger partial charge in [-0.3, -0.25) is 4.90 Å². The maximum absolute atomic E-state index is 9.14. The zero-order valence-electron chi connectivity index (χ0n) is 11.4. The van der Waals surface area contributed by atoms with Gasteiger partial charge in [-0.2, -0.15) is 4.98 Å². The topological polar surface area (TPSA) is 75.5 Å². The number of nitrogens with zero attached hydrogens (tertiary/aromatic N) is 3. The molecule has 0 aliphatic carbocycles. The third kappa shape index (κ3) is 2.91. The summed E-state index contributed by atoms with van der Waals surface area (Å²) in [5.74, 6) is 1.70. The number of likely N-dealkylation sites (tertiary alicyclic amines) is 1. The molecule has 3 heterocycles. The summed E-state index contributed by atoms with van der Waals surface area (Å²) in [6, 6.07) is 4.02. The molecular weight excluding hydrogens is 258 g/mol. The SMILES string of the molecule is OCCC1CCCCN1Cc1nc(-c2ccco2)no1. The molecule has 0 aromatic carbocycles. The van der Waals surface area contributed by atoms with Crippen molar-refractivity contribution >= 4 is 0 Å². The highest BCUT2D eigenvalue weighted by Crippen LogP contribution is 2.22. The number of hydrogen-bond donors (Lipinski definition) is 1. The lowest BCUT2D eigenvalue weighted by atomic mass is 10.00. The first-order chi connectivity index (χ1) is 9.86. The normalized spacial score (nSPS) is 20.4. The number of aromatic nitrogens is 2. The second kappa shape index (κ2) is 6.19. The molecule has 1 unspecified atom stereocenters. The molecule has 1 aliphatic heterocycles. The quantitative estimate of drug-likeness (QED) is 0.901. The molecule has 0 spiro atoms. The maximum atomic E-state index is 9.14. The van der Waals surface area contributed by atoms with Crippen LogP contribution in [0.3, 0.4) is 0 Å². The summed E-state index contributed by atoms with van der Waals surface area (Å²) in [5, 5.41) is 13.1. The van der Waals surface area contributed by atoms with Crippen molar-refractivity contribution in [3.8, 4) is 11.6 Å². The Morgan fingerprint density at radius 3 is 3.15 bits per heavy atom. The molecule has 1 aliphatic rings. The minimum Gasteiger partial charge on any atom is -0.461 e. The molecule has 0 bridgehead atoms. The lowest BCUT2D eigenvalue weighted by Crippen LogP contribution is -2.39. The fourth-order valence-electron chi connectivity index (χ4n) is 2.74. The largest absolute Gasteiger partial charge is 0.461 e. The van der Waals surface area contributed by atoms with E-state index in [1.54, 1.807) is 12.3 Å². The summed E-state index contributed by atoms with van der Waals surface area (Å²) in [6.45, 7) is 1.88. The average molecular weight is 277 g/mol. The minimum atomic E-state index is 0.225. The van der Waals surface area contributed by atoms with Crippen molar-refractivity contribution in [1.29, 1.82) is 0 Å². The van der Waals surface area contributed by atoms with Crippen LogP contribution in [0.25, 0.3) is 11.6 Å². The van der Waals surface area contributed by atoms with E-state index in [9.17, 15) is 0 Å². The Morgan fingerprint density at radius 1 is 1.40 bits per heavy atom. The summed E-state index contributed by atoms with van der Waals surface area (Å²) in [7, 11) is 0. The van der Waals surface area contributed by atoms with E-state index in [4.69, 9.17) is 14.0 Å². The van der Waals surface area contributed by atoms with Gasteiger partial charge in [-0.1, -0.05) is 11.6 Å². The third-order valence-corrected chi connectivity index (χ3v) is 3.76. The molecule has 0 radical (unpaired) electrons. The second-order valence-electron chi connectivity index (χ2n) is 5.12. The predicted molar refractivity (Wildman–Crippen MR) is 71.8 cm³/mol. The van der Waals surface area contributed by atoms with Gasteiger partial charge in [0, 0.05) is 12.6 Å².